The average molecular weight is 1560 g/mol. The molecule has 0 amide bonds. The summed E-state index contributed by atoms with van der Waals surface area (Å²) in [5.41, 5.74) is 0. The number of aliphatic hydroxyl groups excluding tert-OH is 2. The van der Waals surface area contributed by atoms with Crippen molar-refractivity contribution in [2.45, 2.75) is 347 Å². The standard InChI is InChI=1S/C91H152O16P2/c1-4-7-10-13-16-19-22-25-28-30-32-34-36-38-40-41-42-43-45-47-48-50-52-54-57-59-62-65-68-71-74-77-89(94)101-80-86(92)81-103-108(97,98)104-82-87(93)83-105-109(99,100)106-85-88(107-91(96)79-76-73-70-67-64-61-56-27-24-21-18-15-12-9-6-3)84-102-90(95)78-75-72-69-66-63-60-58-55-53-51-49-46-44-39-37-35-33-31-29-26-23-20-17-14-11-8-5-2/h7-12,16-21,25-29,32-35,38-40,42-44,56,86-88,92-93H,4-6,13-15,22-24,30-31,36-37,41,45-55,57-85H2,1-3H3,(H,97,98)(H,99,100)/b10-7-,11-8-,12-9-,19-16-,20-17-,21-18-,28-25-,29-26-,34-32-,35-33-,40-38-,43-42-,44-39-,56-27-. The molecule has 0 aromatic rings. The Bertz CT molecular complexity index is 2660. The van der Waals surface area contributed by atoms with Crippen LogP contribution in [0.2, 0.25) is 0 Å². The van der Waals surface area contributed by atoms with Gasteiger partial charge in [-0.25, -0.2) is 9.13 Å². The van der Waals surface area contributed by atoms with Crippen LogP contribution < -0.4 is 0 Å². The predicted molar refractivity (Wildman–Crippen MR) is 454 cm³/mol. The molecule has 0 saturated carbocycles. The number of esters is 3. The fourth-order valence-electron chi connectivity index (χ4n) is 11.1. The van der Waals surface area contributed by atoms with Gasteiger partial charge in [0.05, 0.1) is 26.4 Å². The SMILES string of the molecule is CC/C=C\C/C=C\C/C=C\C/C=C\C/C=C\C/C=C\CCCCCCCCCCCCCCC(=O)OCC(O)COP(=O)(O)OCC(O)COP(=O)(O)OCC(COC(=O)CCCCCCCCCCCCC/C=C\C/C=C\C/C=C\C/C=C\C/C=C\CC)OC(=O)CCCCCCC/C=C\C/C=C\C/C=C\CC. The van der Waals surface area contributed by atoms with Gasteiger partial charge in [0.25, 0.3) is 0 Å². The third kappa shape index (κ3) is 83.7. The van der Waals surface area contributed by atoms with E-state index in [9.17, 15) is 43.5 Å². The number of phosphoric ester groups is 2. The van der Waals surface area contributed by atoms with Crippen LogP contribution in [0.1, 0.15) is 329 Å². The van der Waals surface area contributed by atoms with E-state index in [1.165, 1.54) is 89.9 Å². The zero-order valence-electron chi connectivity index (χ0n) is 68.2. The molecule has 0 rings (SSSR count). The van der Waals surface area contributed by atoms with Crippen molar-refractivity contribution >= 4 is 33.6 Å². The van der Waals surface area contributed by atoms with Crippen LogP contribution in [0.25, 0.3) is 0 Å². The molecule has 5 atom stereocenters. The van der Waals surface area contributed by atoms with E-state index in [1.807, 2.05) is 0 Å². The van der Waals surface area contributed by atoms with Gasteiger partial charge in [0, 0.05) is 19.3 Å². The van der Waals surface area contributed by atoms with Crippen LogP contribution >= 0.6 is 15.6 Å². The second-order valence-corrected chi connectivity index (χ2v) is 30.7. The lowest BCUT2D eigenvalue weighted by Gasteiger charge is -2.21. The Hall–Kier alpha value is -5.09. The summed E-state index contributed by atoms with van der Waals surface area (Å²) in [5, 5.41) is 20.7. The van der Waals surface area contributed by atoms with E-state index in [0.717, 1.165) is 180 Å². The lowest BCUT2D eigenvalue weighted by Crippen LogP contribution is -2.30. The fourth-order valence-corrected chi connectivity index (χ4v) is 12.7. The smallest absolute Gasteiger partial charge is 0.463 e. The minimum Gasteiger partial charge on any atom is -0.463 e. The molecule has 4 N–H and O–H groups in total. The maximum absolute atomic E-state index is 13.0. The molecule has 0 saturated heterocycles. The highest BCUT2D eigenvalue weighted by Gasteiger charge is 2.29. The number of rotatable bonds is 79. The Morgan fingerprint density at radius 1 is 0.257 bits per heavy atom. The fraction of sp³-hybridized carbons (Fsp3) is 0.659. The van der Waals surface area contributed by atoms with Gasteiger partial charge < -0.3 is 34.2 Å². The summed E-state index contributed by atoms with van der Waals surface area (Å²) in [5.74, 6) is -1.60. The summed E-state index contributed by atoms with van der Waals surface area (Å²) in [6.45, 7) is 2.33. The van der Waals surface area contributed by atoms with Gasteiger partial charge >= 0.3 is 33.6 Å². The molecule has 0 aliphatic rings. The van der Waals surface area contributed by atoms with E-state index in [-0.39, 0.29) is 19.3 Å². The van der Waals surface area contributed by atoms with Gasteiger partial charge in [-0.2, -0.15) is 0 Å². The van der Waals surface area contributed by atoms with Gasteiger partial charge in [-0.05, 0) is 148 Å². The van der Waals surface area contributed by atoms with Crippen molar-refractivity contribution in [3.8, 4) is 0 Å². The first-order valence-corrected chi connectivity index (χ1v) is 45.4. The summed E-state index contributed by atoms with van der Waals surface area (Å²) < 4.78 is 61.3. The Balaban J connectivity index is 4.52. The summed E-state index contributed by atoms with van der Waals surface area (Å²) in [6, 6.07) is 0. The summed E-state index contributed by atoms with van der Waals surface area (Å²) >= 11 is 0. The predicted octanol–water partition coefficient (Wildman–Crippen LogP) is 25.5. The first-order valence-electron chi connectivity index (χ1n) is 42.4. The second-order valence-electron chi connectivity index (χ2n) is 27.8. The topological polar surface area (TPSA) is 231 Å². The Morgan fingerprint density at radius 3 is 0.725 bits per heavy atom. The quantitative estimate of drug-likeness (QED) is 0.0146. The maximum atomic E-state index is 13.0. The number of phosphoric acid groups is 2. The number of unbranched alkanes of at least 4 members (excludes halogenated alkanes) is 28. The molecular formula is C91H152O16P2. The van der Waals surface area contributed by atoms with E-state index < -0.39 is 91.5 Å². The number of aliphatic hydroxyl groups is 2. The van der Waals surface area contributed by atoms with E-state index in [4.69, 9.17) is 32.3 Å². The molecule has 0 aromatic carbocycles. The number of allylic oxidation sites excluding steroid dienone is 28. The molecule has 0 fully saturated rings. The van der Waals surface area contributed by atoms with Gasteiger partial charge in [-0.15, -0.1) is 0 Å². The van der Waals surface area contributed by atoms with Crippen LogP contribution in [-0.2, 0) is 55.8 Å². The molecular weight excluding hydrogens is 1410 g/mol. The monoisotopic (exact) mass is 1560 g/mol. The highest BCUT2D eigenvalue weighted by atomic mass is 31.2. The van der Waals surface area contributed by atoms with Crippen molar-refractivity contribution in [3.63, 3.8) is 0 Å². The highest BCUT2D eigenvalue weighted by molar-refractivity contribution is 7.47. The molecule has 109 heavy (non-hydrogen) atoms. The van der Waals surface area contributed by atoms with Crippen LogP contribution in [0.5, 0.6) is 0 Å². The van der Waals surface area contributed by atoms with Gasteiger partial charge in [-0.3, -0.25) is 32.5 Å². The molecule has 0 heterocycles. The Kier molecular flexibility index (Phi) is 78.5. The van der Waals surface area contributed by atoms with Crippen LogP contribution in [0.3, 0.4) is 0 Å². The minimum atomic E-state index is -4.94. The van der Waals surface area contributed by atoms with Crippen molar-refractivity contribution in [1.29, 1.82) is 0 Å². The number of carbonyl (C=O) groups excluding carboxylic acids is 3. The van der Waals surface area contributed by atoms with Crippen molar-refractivity contribution in [3.05, 3.63) is 170 Å². The molecule has 622 valence electrons. The largest absolute Gasteiger partial charge is 0.472 e. The van der Waals surface area contributed by atoms with Crippen molar-refractivity contribution in [1.82, 2.24) is 0 Å². The molecule has 0 aromatic heterocycles. The summed E-state index contributed by atoms with van der Waals surface area (Å²) in [7, 11) is -9.81. The van der Waals surface area contributed by atoms with Gasteiger partial charge in [-0.1, -0.05) is 332 Å². The second kappa shape index (κ2) is 82.4. The Labute approximate surface area is 662 Å². The van der Waals surface area contributed by atoms with Crippen LogP contribution in [0.15, 0.2) is 170 Å². The minimum absolute atomic E-state index is 0.0805. The molecule has 18 heteroatoms. The molecule has 0 bridgehead atoms. The highest BCUT2D eigenvalue weighted by Crippen LogP contribution is 2.45. The van der Waals surface area contributed by atoms with Crippen molar-refractivity contribution < 1.29 is 75.8 Å². The van der Waals surface area contributed by atoms with Crippen LogP contribution in [0.4, 0.5) is 0 Å². The molecule has 0 aliphatic heterocycles. The Morgan fingerprint density at radius 2 is 0.459 bits per heavy atom. The van der Waals surface area contributed by atoms with Gasteiger partial charge in [0.2, 0.25) is 0 Å². The average Bonchev–Trinajstić information content (AvgIpc) is 0.940. The lowest BCUT2D eigenvalue weighted by atomic mass is 10.0. The third-order valence-corrected chi connectivity index (χ3v) is 19.3. The lowest BCUT2D eigenvalue weighted by molar-refractivity contribution is -0.161. The molecule has 0 radical (unpaired) electrons. The first-order chi connectivity index (χ1) is 53.2. The molecule has 0 aliphatic carbocycles. The van der Waals surface area contributed by atoms with E-state index in [0.29, 0.717) is 19.3 Å². The number of ether oxygens (including phenoxy) is 3. The van der Waals surface area contributed by atoms with Gasteiger partial charge in [0.1, 0.15) is 25.4 Å². The molecule has 5 unspecified atom stereocenters. The number of hydrogen-bond acceptors (Lipinski definition) is 14. The first kappa shape index (κ1) is 104. The number of hydrogen-bond donors (Lipinski definition) is 4. The van der Waals surface area contributed by atoms with E-state index in [1.54, 1.807) is 0 Å². The molecule has 16 nitrogen and oxygen atoms in total. The van der Waals surface area contributed by atoms with Crippen LogP contribution in [0, 0.1) is 0 Å². The summed E-state index contributed by atoms with van der Waals surface area (Å²) in [6.07, 6.45) is 105. The zero-order valence-corrected chi connectivity index (χ0v) is 70.0. The number of carbonyl (C=O) groups is 3. The molecule has 0 spiro atoms. The van der Waals surface area contributed by atoms with E-state index >= 15 is 0 Å². The van der Waals surface area contributed by atoms with Crippen LogP contribution in [-0.4, -0.2) is 95.9 Å². The maximum Gasteiger partial charge on any atom is 0.472 e. The van der Waals surface area contributed by atoms with Crippen molar-refractivity contribution in [2.75, 3.05) is 39.6 Å². The summed E-state index contributed by atoms with van der Waals surface area (Å²) in [4.78, 5) is 58.8. The third-order valence-electron chi connectivity index (χ3n) is 17.4. The van der Waals surface area contributed by atoms with Crippen molar-refractivity contribution in [2.24, 2.45) is 0 Å². The zero-order chi connectivity index (χ0) is 79.4. The van der Waals surface area contributed by atoms with E-state index in [2.05, 4.69) is 191 Å². The van der Waals surface area contributed by atoms with Gasteiger partial charge in [0.15, 0.2) is 6.10 Å². The normalized spacial score (nSPS) is 14.7.